The van der Waals surface area contributed by atoms with Gasteiger partial charge >= 0.3 is 0 Å². The molecule has 0 aliphatic carbocycles. The lowest BCUT2D eigenvalue weighted by Crippen LogP contribution is -2.19. The van der Waals surface area contributed by atoms with E-state index in [2.05, 4.69) is 10.6 Å². The molecule has 0 atom stereocenters. The first kappa shape index (κ1) is 25.4. The van der Waals surface area contributed by atoms with Crippen molar-refractivity contribution in [3.63, 3.8) is 0 Å². The minimum absolute atomic E-state index is 0.185. The molecular weight excluding hydrogens is 484 g/mol. The Bertz CT molecular complexity index is 1640. The van der Waals surface area contributed by atoms with E-state index in [1.54, 1.807) is 72.8 Å². The maximum Gasteiger partial charge on any atom is 0.257 e. The number of amides is 2. The molecule has 0 bridgehead atoms. The van der Waals surface area contributed by atoms with E-state index in [9.17, 15) is 14.4 Å². The van der Waals surface area contributed by atoms with E-state index in [4.69, 9.17) is 0 Å². The summed E-state index contributed by atoms with van der Waals surface area (Å²) in [7, 11) is 0. The molecule has 39 heavy (non-hydrogen) atoms. The van der Waals surface area contributed by atoms with Crippen LogP contribution in [0.25, 0.3) is 11.1 Å². The highest BCUT2D eigenvalue weighted by Crippen LogP contribution is 2.25. The smallest absolute Gasteiger partial charge is 0.257 e. The van der Waals surface area contributed by atoms with Crippen molar-refractivity contribution >= 4 is 29.0 Å². The SMILES string of the molecule is Cc1ccc(NC(=O)c2ccccc2NC(=O)c2ccc(-c3ccccc3)cc2)c(C(=O)c2ccccc2)c1. The highest BCUT2D eigenvalue weighted by Gasteiger charge is 2.19. The second-order valence-corrected chi connectivity index (χ2v) is 9.14. The fourth-order valence-electron chi connectivity index (χ4n) is 4.32. The van der Waals surface area contributed by atoms with Gasteiger partial charge in [0, 0.05) is 16.7 Å². The number of hydrogen-bond donors (Lipinski definition) is 2. The molecule has 0 unspecified atom stereocenters. The predicted octanol–water partition coefficient (Wildman–Crippen LogP) is 7.40. The number of anilines is 2. The van der Waals surface area contributed by atoms with E-state index < -0.39 is 5.91 Å². The van der Waals surface area contributed by atoms with Crippen LogP contribution in [0.4, 0.5) is 11.4 Å². The van der Waals surface area contributed by atoms with Gasteiger partial charge in [-0.3, -0.25) is 14.4 Å². The molecule has 5 nitrogen and oxygen atoms in total. The molecule has 190 valence electrons. The largest absolute Gasteiger partial charge is 0.321 e. The molecule has 0 fully saturated rings. The topological polar surface area (TPSA) is 75.3 Å². The number of ketones is 1. The minimum Gasteiger partial charge on any atom is -0.321 e. The van der Waals surface area contributed by atoms with Gasteiger partial charge in [0.25, 0.3) is 11.8 Å². The summed E-state index contributed by atoms with van der Waals surface area (Å²) in [5.41, 5.74) is 5.42. The number of rotatable bonds is 7. The monoisotopic (exact) mass is 510 g/mol. The molecule has 0 saturated heterocycles. The Balaban J connectivity index is 1.36. The van der Waals surface area contributed by atoms with Crippen molar-refractivity contribution in [1.29, 1.82) is 0 Å². The van der Waals surface area contributed by atoms with Crippen LogP contribution >= 0.6 is 0 Å². The molecule has 2 amide bonds. The summed E-state index contributed by atoms with van der Waals surface area (Å²) in [6, 6.07) is 38.3. The van der Waals surface area contributed by atoms with Crippen LogP contribution in [-0.4, -0.2) is 17.6 Å². The van der Waals surface area contributed by atoms with Gasteiger partial charge in [-0.2, -0.15) is 0 Å². The van der Waals surface area contributed by atoms with Gasteiger partial charge in [-0.1, -0.05) is 96.6 Å². The molecule has 0 spiro atoms. The summed E-state index contributed by atoms with van der Waals surface area (Å²) < 4.78 is 0. The van der Waals surface area contributed by atoms with Gasteiger partial charge in [-0.15, -0.1) is 0 Å². The first-order valence-electron chi connectivity index (χ1n) is 12.6. The normalized spacial score (nSPS) is 10.5. The van der Waals surface area contributed by atoms with E-state index in [1.165, 1.54) is 0 Å². The van der Waals surface area contributed by atoms with Crippen molar-refractivity contribution in [2.75, 3.05) is 10.6 Å². The summed E-state index contributed by atoms with van der Waals surface area (Å²) in [6.07, 6.45) is 0. The van der Waals surface area contributed by atoms with Crippen molar-refractivity contribution in [2.24, 2.45) is 0 Å². The Hall–Kier alpha value is -5.29. The van der Waals surface area contributed by atoms with Crippen LogP contribution in [0.5, 0.6) is 0 Å². The van der Waals surface area contributed by atoms with Crippen molar-refractivity contribution < 1.29 is 14.4 Å². The summed E-state index contributed by atoms with van der Waals surface area (Å²) in [4.78, 5) is 39.6. The van der Waals surface area contributed by atoms with Crippen LogP contribution in [0.3, 0.4) is 0 Å². The van der Waals surface area contributed by atoms with Gasteiger partial charge in [0.2, 0.25) is 0 Å². The van der Waals surface area contributed by atoms with Crippen LogP contribution in [0.15, 0.2) is 127 Å². The first-order valence-corrected chi connectivity index (χ1v) is 12.6. The average Bonchev–Trinajstić information content (AvgIpc) is 2.99. The zero-order chi connectivity index (χ0) is 27.2. The van der Waals surface area contributed by atoms with Crippen molar-refractivity contribution in [3.8, 4) is 11.1 Å². The fourth-order valence-corrected chi connectivity index (χ4v) is 4.32. The minimum atomic E-state index is -0.434. The molecule has 0 heterocycles. The molecular formula is C34H26N2O3. The summed E-state index contributed by atoms with van der Waals surface area (Å²) in [5, 5.41) is 5.73. The van der Waals surface area contributed by atoms with Crippen LogP contribution in [0.2, 0.25) is 0 Å². The van der Waals surface area contributed by atoms with Crippen LogP contribution in [-0.2, 0) is 0 Å². The predicted molar refractivity (Wildman–Crippen MR) is 155 cm³/mol. The van der Waals surface area contributed by atoms with Gasteiger partial charge in [0.15, 0.2) is 5.78 Å². The number of carbonyl (C=O) groups excluding carboxylic acids is 3. The second kappa shape index (κ2) is 11.4. The van der Waals surface area contributed by atoms with Gasteiger partial charge in [-0.25, -0.2) is 0 Å². The third-order valence-corrected chi connectivity index (χ3v) is 6.38. The van der Waals surface area contributed by atoms with Crippen molar-refractivity contribution in [1.82, 2.24) is 0 Å². The van der Waals surface area contributed by atoms with Crippen LogP contribution in [0.1, 0.15) is 42.2 Å². The highest BCUT2D eigenvalue weighted by molar-refractivity contribution is 6.17. The summed E-state index contributed by atoms with van der Waals surface area (Å²) in [6.45, 7) is 1.89. The van der Waals surface area contributed by atoms with Crippen LogP contribution in [0, 0.1) is 6.92 Å². The quantitative estimate of drug-likeness (QED) is 0.224. The third kappa shape index (κ3) is 5.84. The Morgan fingerprint density at radius 1 is 0.487 bits per heavy atom. The van der Waals surface area contributed by atoms with E-state index in [0.29, 0.717) is 28.1 Å². The molecule has 5 aromatic rings. The maximum absolute atomic E-state index is 13.4. The van der Waals surface area contributed by atoms with Crippen molar-refractivity contribution in [3.05, 3.63) is 155 Å². The number of aryl methyl sites for hydroxylation is 1. The number of nitrogens with one attached hydrogen (secondary N) is 2. The second-order valence-electron chi connectivity index (χ2n) is 9.14. The molecule has 2 N–H and O–H groups in total. The zero-order valence-corrected chi connectivity index (χ0v) is 21.3. The van der Waals surface area contributed by atoms with E-state index in [0.717, 1.165) is 16.7 Å². The highest BCUT2D eigenvalue weighted by atomic mass is 16.2. The lowest BCUT2D eigenvalue weighted by Gasteiger charge is -2.14. The molecule has 0 radical (unpaired) electrons. The van der Waals surface area contributed by atoms with Gasteiger partial charge < -0.3 is 10.6 Å². The van der Waals surface area contributed by atoms with Gasteiger partial charge in [0.05, 0.1) is 16.9 Å². The van der Waals surface area contributed by atoms with Gasteiger partial charge in [-0.05, 0) is 54.4 Å². The Labute approximate surface area is 227 Å². The summed E-state index contributed by atoms with van der Waals surface area (Å²) in [5.74, 6) is -0.948. The molecule has 5 aromatic carbocycles. The molecule has 5 heteroatoms. The Morgan fingerprint density at radius 3 is 1.77 bits per heavy atom. The zero-order valence-electron chi connectivity index (χ0n) is 21.3. The average molecular weight is 511 g/mol. The van der Waals surface area contributed by atoms with Crippen LogP contribution < -0.4 is 10.6 Å². The first-order chi connectivity index (χ1) is 19.0. The van der Waals surface area contributed by atoms with Crippen molar-refractivity contribution in [2.45, 2.75) is 6.92 Å². The molecule has 0 aliphatic heterocycles. The molecule has 0 aliphatic rings. The van der Waals surface area contributed by atoms with E-state index in [1.807, 2.05) is 61.5 Å². The Morgan fingerprint density at radius 2 is 1.05 bits per heavy atom. The number of carbonyl (C=O) groups is 3. The lowest BCUT2D eigenvalue weighted by atomic mass is 9.99. The number of para-hydroxylation sites is 1. The molecule has 5 rings (SSSR count). The number of hydrogen-bond acceptors (Lipinski definition) is 3. The number of benzene rings is 5. The molecule has 0 saturated carbocycles. The van der Waals surface area contributed by atoms with E-state index >= 15 is 0 Å². The summed E-state index contributed by atoms with van der Waals surface area (Å²) >= 11 is 0. The van der Waals surface area contributed by atoms with E-state index in [-0.39, 0.29) is 17.3 Å². The standard InChI is InChI=1S/C34H26N2O3/c1-23-16-21-31(29(22-23)32(37)26-12-6-3-7-13-26)36-34(39)28-14-8-9-15-30(28)35-33(38)27-19-17-25(18-20-27)24-10-4-2-5-11-24/h2-22H,1H3,(H,35,38)(H,36,39). The maximum atomic E-state index is 13.4. The van der Waals surface area contributed by atoms with Gasteiger partial charge in [0.1, 0.15) is 0 Å². The molecule has 0 aromatic heterocycles. The third-order valence-electron chi connectivity index (χ3n) is 6.38. The Kier molecular flexibility index (Phi) is 7.41. The lowest BCUT2D eigenvalue weighted by molar-refractivity contribution is 0.102. The fraction of sp³-hybridized carbons (Fsp3) is 0.0294.